The number of alkyl halides is 2. The van der Waals surface area contributed by atoms with Crippen molar-refractivity contribution >= 4 is 0 Å². The molecular weight excluding hydrogens is 562 g/mol. The van der Waals surface area contributed by atoms with Gasteiger partial charge >= 0.3 is 0 Å². The third-order valence-corrected chi connectivity index (χ3v) is 10.3. The van der Waals surface area contributed by atoms with E-state index in [0.717, 1.165) is 66.0 Å². The summed E-state index contributed by atoms with van der Waals surface area (Å²) < 4.78 is 33.9. The second kappa shape index (κ2) is 12.1. The lowest BCUT2D eigenvalue weighted by Crippen LogP contribution is -2.32. The lowest BCUT2D eigenvalue weighted by Gasteiger charge is -2.32. The van der Waals surface area contributed by atoms with Crippen molar-refractivity contribution in [3.8, 4) is 22.5 Å². The molecule has 4 aromatic heterocycles. The molecule has 44 heavy (non-hydrogen) atoms. The first-order valence-electron chi connectivity index (χ1n) is 16.0. The molecule has 3 atom stereocenters. The monoisotopic (exact) mass is 602 g/mol. The number of pyridine rings is 2. The molecule has 232 valence electrons. The second-order valence-electron chi connectivity index (χ2n) is 13.0. The fraction of sp³-hybridized carbons (Fsp3) is 0.529. The molecule has 4 aromatic rings. The average Bonchev–Trinajstić information content (AvgIpc) is 3.82. The zero-order chi connectivity index (χ0) is 30.3. The van der Waals surface area contributed by atoms with Crippen LogP contribution in [-0.4, -0.2) is 63.3 Å². The van der Waals surface area contributed by atoms with E-state index < -0.39 is 11.8 Å². The van der Waals surface area contributed by atoms with E-state index in [1.54, 1.807) is 18.7 Å². The third-order valence-electron chi connectivity index (χ3n) is 10.3. The fourth-order valence-corrected chi connectivity index (χ4v) is 7.72. The van der Waals surface area contributed by atoms with Crippen LogP contribution in [0.4, 0.5) is 8.78 Å². The largest absolute Gasteiger partial charge is 0.393 e. The number of halogens is 2. The summed E-state index contributed by atoms with van der Waals surface area (Å²) in [5, 5.41) is 19.1. The molecule has 0 bridgehead atoms. The van der Waals surface area contributed by atoms with Crippen molar-refractivity contribution in [3.05, 3.63) is 73.1 Å². The van der Waals surface area contributed by atoms with Crippen LogP contribution in [0.25, 0.3) is 22.5 Å². The first kappa shape index (κ1) is 29.2. The lowest BCUT2D eigenvalue weighted by molar-refractivity contribution is 0.0252. The van der Waals surface area contributed by atoms with E-state index in [4.69, 9.17) is 0 Å². The smallest absolute Gasteiger partial charge is 0.111 e. The van der Waals surface area contributed by atoms with Crippen LogP contribution in [0, 0.1) is 5.92 Å². The second-order valence-corrected chi connectivity index (χ2v) is 13.0. The predicted molar refractivity (Wildman–Crippen MR) is 162 cm³/mol. The molecule has 0 amide bonds. The molecule has 0 spiro atoms. The van der Waals surface area contributed by atoms with Crippen LogP contribution < -0.4 is 0 Å². The van der Waals surface area contributed by atoms with E-state index in [1.807, 2.05) is 41.5 Å². The van der Waals surface area contributed by atoms with Gasteiger partial charge < -0.3 is 19.3 Å². The van der Waals surface area contributed by atoms with Crippen molar-refractivity contribution in [2.45, 2.75) is 107 Å². The van der Waals surface area contributed by atoms with Gasteiger partial charge in [0, 0.05) is 29.9 Å². The van der Waals surface area contributed by atoms with E-state index in [-0.39, 0.29) is 30.2 Å². The van der Waals surface area contributed by atoms with Gasteiger partial charge in [-0.15, -0.1) is 0 Å². The minimum Gasteiger partial charge on any atom is -0.393 e. The van der Waals surface area contributed by atoms with Crippen molar-refractivity contribution in [1.29, 1.82) is 0 Å². The Bertz CT molecular complexity index is 1570. The van der Waals surface area contributed by atoms with E-state index in [1.165, 1.54) is 0 Å². The van der Waals surface area contributed by atoms with Gasteiger partial charge in [0.15, 0.2) is 0 Å². The summed E-state index contributed by atoms with van der Waals surface area (Å²) in [4.78, 5) is 17.4. The maximum Gasteiger partial charge on any atom is 0.111 e. The summed E-state index contributed by atoms with van der Waals surface area (Å²) in [6.45, 7) is 0. The summed E-state index contributed by atoms with van der Waals surface area (Å²) >= 11 is 0. The Kier molecular flexibility index (Phi) is 8.05. The first-order valence-corrected chi connectivity index (χ1v) is 16.0. The van der Waals surface area contributed by atoms with Gasteiger partial charge in [0.25, 0.3) is 0 Å². The molecular formula is C34H40F2N6O2. The Morgan fingerprint density at radius 1 is 0.795 bits per heavy atom. The van der Waals surface area contributed by atoms with E-state index >= 15 is 0 Å². The van der Waals surface area contributed by atoms with Gasteiger partial charge in [-0.25, -0.2) is 18.7 Å². The van der Waals surface area contributed by atoms with Gasteiger partial charge in [-0.05, 0) is 94.4 Å². The normalized spacial score (nSPS) is 29.1. The van der Waals surface area contributed by atoms with Gasteiger partial charge in [0.2, 0.25) is 0 Å². The summed E-state index contributed by atoms with van der Waals surface area (Å²) in [5.41, 5.74) is 5.11. The Morgan fingerprint density at radius 3 is 1.95 bits per heavy atom. The third kappa shape index (κ3) is 5.58. The molecule has 0 radical (unpaired) electrons. The highest BCUT2D eigenvalue weighted by Gasteiger charge is 2.38. The summed E-state index contributed by atoms with van der Waals surface area (Å²) in [7, 11) is 0. The Labute approximate surface area is 256 Å². The standard InChI is InChI=1S/2C17H20FN3O/c18-17(6-3-12(22)4-7-17)8-5-14-16-13(2-1-9-20-16)15-10-19-11-21(14)15;18-14(11-3-5-12(22)6-4-11)8-15-17-13(2-1-7-20-17)16-9-19-10-21(15)16/h1-2,9-12,14,22H,3-8H2;1-2,7,9-12,14-15,22H,3-6,8H2. The molecule has 3 unspecified atom stereocenters. The van der Waals surface area contributed by atoms with Crippen LogP contribution in [-0.2, 0) is 0 Å². The topological polar surface area (TPSA) is 102 Å². The van der Waals surface area contributed by atoms with Crippen LogP contribution in [0.3, 0.4) is 0 Å². The van der Waals surface area contributed by atoms with Gasteiger partial charge in [-0.3, -0.25) is 9.97 Å². The van der Waals surface area contributed by atoms with Gasteiger partial charge in [-0.2, -0.15) is 0 Å². The van der Waals surface area contributed by atoms with E-state index in [2.05, 4.69) is 30.6 Å². The predicted octanol–water partition coefficient (Wildman–Crippen LogP) is 6.40. The van der Waals surface area contributed by atoms with Crippen LogP contribution in [0.15, 0.2) is 61.7 Å². The van der Waals surface area contributed by atoms with Gasteiger partial charge in [-0.1, -0.05) is 0 Å². The number of aliphatic hydroxyl groups is 2. The minimum absolute atomic E-state index is 0.0585. The van der Waals surface area contributed by atoms with Crippen LogP contribution in [0.5, 0.6) is 0 Å². The highest BCUT2D eigenvalue weighted by molar-refractivity contribution is 5.67. The molecule has 0 saturated heterocycles. The molecule has 2 saturated carbocycles. The molecule has 8 rings (SSSR count). The van der Waals surface area contributed by atoms with Gasteiger partial charge in [0.05, 0.1) is 72.1 Å². The first-order chi connectivity index (χ1) is 21.4. The summed E-state index contributed by atoms with van der Waals surface area (Å²) in [5.74, 6) is 0.0585. The molecule has 2 fully saturated rings. The van der Waals surface area contributed by atoms with E-state index in [9.17, 15) is 19.0 Å². The minimum atomic E-state index is -1.14. The number of nitrogens with zero attached hydrogens (tertiary/aromatic N) is 6. The van der Waals surface area contributed by atoms with Crippen LogP contribution in [0.2, 0.25) is 0 Å². The number of hydrogen-bond donors (Lipinski definition) is 2. The zero-order valence-corrected chi connectivity index (χ0v) is 24.8. The highest BCUT2D eigenvalue weighted by atomic mass is 19.1. The van der Waals surface area contributed by atoms with Crippen molar-refractivity contribution in [1.82, 2.24) is 29.1 Å². The molecule has 2 N–H and O–H groups in total. The summed E-state index contributed by atoms with van der Waals surface area (Å²) in [6.07, 6.45) is 16.2. The number of rotatable bonds is 6. The fourth-order valence-electron chi connectivity index (χ4n) is 7.72. The summed E-state index contributed by atoms with van der Waals surface area (Å²) in [6, 6.07) is 7.94. The molecule has 2 aliphatic carbocycles. The maximum atomic E-state index is 14.9. The van der Waals surface area contributed by atoms with Crippen molar-refractivity contribution in [2.75, 3.05) is 0 Å². The molecule has 10 heteroatoms. The van der Waals surface area contributed by atoms with Crippen molar-refractivity contribution < 1.29 is 19.0 Å². The molecule has 6 heterocycles. The molecule has 4 aliphatic rings. The highest BCUT2D eigenvalue weighted by Crippen LogP contribution is 2.44. The Morgan fingerprint density at radius 2 is 1.34 bits per heavy atom. The van der Waals surface area contributed by atoms with E-state index in [0.29, 0.717) is 38.5 Å². The quantitative estimate of drug-likeness (QED) is 0.265. The van der Waals surface area contributed by atoms with Crippen LogP contribution >= 0.6 is 0 Å². The number of imidazole rings is 2. The van der Waals surface area contributed by atoms with Gasteiger partial charge in [0.1, 0.15) is 11.8 Å². The SMILES string of the molecule is OC1CCC(C(F)CC2c3ncccc3-c3cncn32)CC1.OC1CCC(F)(CCC2c3ncccc3-c3cncn32)CC1. The Balaban J connectivity index is 0.000000142. The van der Waals surface area contributed by atoms with Crippen molar-refractivity contribution in [2.24, 2.45) is 5.92 Å². The number of hydrogen-bond acceptors (Lipinski definition) is 6. The Hall–Kier alpha value is -3.50. The van der Waals surface area contributed by atoms with Crippen molar-refractivity contribution in [3.63, 3.8) is 0 Å². The number of aliphatic hydroxyl groups excluding tert-OH is 2. The number of fused-ring (bicyclic) bond motifs is 6. The molecule has 0 aromatic carbocycles. The average molecular weight is 603 g/mol. The maximum absolute atomic E-state index is 14.9. The molecule has 8 nitrogen and oxygen atoms in total. The lowest BCUT2D eigenvalue weighted by atomic mass is 9.81. The molecule has 2 aliphatic heterocycles. The zero-order valence-electron chi connectivity index (χ0n) is 24.8. The van der Waals surface area contributed by atoms with Crippen LogP contribution in [0.1, 0.15) is 94.1 Å². The number of aromatic nitrogens is 6.